The van der Waals surface area contributed by atoms with Crippen molar-refractivity contribution >= 4 is 5.91 Å². The molecule has 1 amide bonds. The second-order valence-electron chi connectivity index (χ2n) is 5.73. The first-order chi connectivity index (χ1) is 8.67. The maximum Gasteiger partial charge on any atom is 0.239 e. The SMILES string of the molecule is COC1(CNC(C)C(=O)N2CCCCC2)CCC1. The number of nitrogens with zero attached hydrogens (tertiary/aromatic N) is 1. The number of piperidine rings is 1. The van der Waals surface area contributed by atoms with Gasteiger partial charge in [0.15, 0.2) is 0 Å². The van der Waals surface area contributed by atoms with Gasteiger partial charge in [0.2, 0.25) is 5.91 Å². The summed E-state index contributed by atoms with van der Waals surface area (Å²) < 4.78 is 5.56. The van der Waals surface area contributed by atoms with Crippen LogP contribution in [0, 0.1) is 0 Å². The van der Waals surface area contributed by atoms with Gasteiger partial charge in [-0.1, -0.05) is 0 Å². The predicted molar refractivity (Wildman–Crippen MR) is 71.5 cm³/mol. The fourth-order valence-corrected chi connectivity index (χ4v) is 2.84. The minimum Gasteiger partial charge on any atom is -0.377 e. The number of likely N-dealkylation sites (tertiary alicyclic amines) is 1. The molecule has 104 valence electrons. The summed E-state index contributed by atoms with van der Waals surface area (Å²) >= 11 is 0. The molecule has 2 fully saturated rings. The molecule has 0 aromatic rings. The number of nitrogens with one attached hydrogen (secondary N) is 1. The molecule has 4 heteroatoms. The van der Waals surface area contributed by atoms with Crippen LogP contribution in [0.15, 0.2) is 0 Å². The second-order valence-corrected chi connectivity index (χ2v) is 5.73. The van der Waals surface area contributed by atoms with Crippen LogP contribution in [0.1, 0.15) is 45.4 Å². The summed E-state index contributed by atoms with van der Waals surface area (Å²) in [4.78, 5) is 14.2. The molecule has 0 aromatic heterocycles. The number of rotatable bonds is 5. The fraction of sp³-hybridized carbons (Fsp3) is 0.929. The van der Waals surface area contributed by atoms with Crippen LogP contribution >= 0.6 is 0 Å². The monoisotopic (exact) mass is 254 g/mol. The summed E-state index contributed by atoms with van der Waals surface area (Å²) in [7, 11) is 1.78. The Kier molecular flexibility index (Phi) is 4.62. The van der Waals surface area contributed by atoms with Gasteiger partial charge in [0, 0.05) is 26.7 Å². The summed E-state index contributed by atoms with van der Waals surface area (Å²) in [5, 5.41) is 3.36. The van der Waals surface area contributed by atoms with Crippen LogP contribution in [0.5, 0.6) is 0 Å². The summed E-state index contributed by atoms with van der Waals surface area (Å²) in [5.41, 5.74) is -0.00353. The van der Waals surface area contributed by atoms with Crippen LogP contribution in [0.4, 0.5) is 0 Å². The summed E-state index contributed by atoms with van der Waals surface area (Å²) in [6.45, 7) is 4.63. The molecule has 1 unspecified atom stereocenters. The number of hydrogen-bond donors (Lipinski definition) is 1. The number of hydrogen-bond acceptors (Lipinski definition) is 3. The standard InChI is InChI=1S/C14H26N2O2/c1-12(13(17)16-9-4-3-5-10-16)15-11-14(18-2)7-6-8-14/h12,15H,3-11H2,1-2H3. The first-order valence-corrected chi connectivity index (χ1v) is 7.24. The van der Waals surface area contributed by atoms with Crippen molar-refractivity contribution in [1.82, 2.24) is 10.2 Å². The quantitative estimate of drug-likeness (QED) is 0.809. The molecule has 18 heavy (non-hydrogen) atoms. The van der Waals surface area contributed by atoms with Crippen molar-refractivity contribution < 1.29 is 9.53 Å². The lowest BCUT2D eigenvalue weighted by atomic mass is 9.80. The van der Waals surface area contributed by atoms with Gasteiger partial charge in [-0.3, -0.25) is 4.79 Å². The molecule has 1 saturated carbocycles. The maximum absolute atomic E-state index is 12.2. The first-order valence-electron chi connectivity index (χ1n) is 7.24. The van der Waals surface area contributed by atoms with E-state index in [2.05, 4.69) is 5.32 Å². The molecule has 1 aliphatic heterocycles. The molecule has 0 aromatic carbocycles. The lowest BCUT2D eigenvalue weighted by Gasteiger charge is -2.41. The van der Waals surface area contributed by atoms with Gasteiger partial charge in [0.1, 0.15) is 0 Å². The average molecular weight is 254 g/mol. The van der Waals surface area contributed by atoms with E-state index in [4.69, 9.17) is 4.74 Å². The van der Waals surface area contributed by atoms with Crippen LogP contribution in [0.3, 0.4) is 0 Å². The third kappa shape index (κ3) is 3.04. The third-order valence-corrected chi connectivity index (χ3v) is 4.47. The maximum atomic E-state index is 12.2. The van der Waals surface area contributed by atoms with E-state index in [1.807, 2.05) is 11.8 Å². The summed E-state index contributed by atoms with van der Waals surface area (Å²) in [6, 6.07) is -0.0873. The van der Waals surface area contributed by atoms with Gasteiger partial charge in [0.05, 0.1) is 11.6 Å². The highest BCUT2D eigenvalue weighted by molar-refractivity contribution is 5.81. The molecule has 0 radical (unpaired) electrons. The Morgan fingerprint density at radius 3 is 2.44 bits per heavy atom. The Bertz CT molecular complexity index is 278. The highest BCUT2D eigenvalue weighted by Gasteiger charge is 2.37. The van der Waals surface area contributed by atoms with Crippen molar-refractivity contribution in [1.29, 1.82) is 0 Å². The van der Waals surface area contributed by atoms with E-state index in [9.17, 15) is 4.79 Å². The smallest absolute Gasteiger partial charge is 0.239 e. The lowest BCUT2D eigenvalue weighted by molar-refractivity contribution is -0.134. The Labute approximate surface area is 110 Å². The molecular weight excluding hydrogens is 228 g/mol. The van der Waals surface area contributed by atoms with Gasteiger partial charge in [-0.05, 0) is 45.4 Å². The van der Waals surface area contributed by atoms with Crippen molar-refractivity contribution in [2.75, 3.05) is 26.7 Å². The minimum atomic E-state index is -0.0873. The third-order valence-electron chi connectivity index (χ3n) is 4.47. The van der Waals surface area contributed by atoms with Crippen LogP contribution in [-0.2, 0) is 9.53 Å². The van der Waals surface area contributed by atoms with Crippen LogP contribution in [0.2, 0.25) is 0 Å². The first kappa shape index (κ1) is 13.8. The zero-order valence-electron chi connectivity index (χ0n) is 11.7. The predicted octanol–water partition coefficient (Wildman–Crippen LogP) is 1.55. The number of ether oxygens (including phenoxy) is 1. The van der Waals surface area contributed by atoms with Crippen LogP contribution in [-0.4, -0.2) is 49.2 Å². The average Bonchev–Trinajstić information content (AvgIpc) is 2.38. The van der Waals surface area contributed by atoms with Crippen LogP contribution in [0.25, 0.3) is 0 Å². The Balaban J connectivity index is 1.76. The molecule has 1 saturated heterocycles. The van der Waals surface area contributed by atoms with Gasteiger partial charge >= 0.3 is 0 Å². The van der Waals surface area contributed by atoms with E-state index in [1.165, 1.54) is 12.8 Å². The van der Waals surface area contributed by atoms with Gasteiger partial charge in [-0.15, -0.1) is 0 Å². The van der Waals surface area contributed by atoms with E-state index in [1.54, 1.807) is 7.11 Å². The molecule has 0 spiro atoms. The fourth-order valence-electron chi connectivity index (χ4n) is 2.84. The zero-order chi connectivity index (χ0) is 13.0. The molecule has 1 atom stereocenters. The molecular formula is C14H26N2O2. The van der Waals surface area contributed by atoms with Gasteiger partial charge in [-0.25, -0.2) is 0 Å². The van der Waals surface area contributed by atoms with Crippen molar-refractivity contribution in [3.05, 3.63) is 0 Å². The lowest BCUT2D eigenvalue weighted by Crippen LogP contribution is -2.54. The van der Waals surface area contributed by atoms with E-state index in [0.717, 1.165) is 45.3 Å². The number of methoxy groups -OCH3 is 1. The van der Waals surface area contributed by atoms with E-state index in [0.29, 0.717) is 0 Å². The van der Waals surface area contributed by atoms with Crippen molar-refractivity contribution in [2.24, 2.45) is 0 Å². The largest absolute Gasteiger partial charge is 0.377 e. The number of carbonyl (C=O) groups is 1. The van der Waals surface area contributed by atoms with Crippen molar-refractivity contribution in [3.8, 4) is 0 Å². The van der Waals surface area contributed by atoms with E-state index in [-0.39, 0.29) is 17.6 Å². The Morgan fingerprint density at radius 2 is 1.94 bits per heavy atom. The normalized spacial score (nSPS) is 24.4. The van der Waals surface area contributed by atoms with Gasteiger partial charge < -0.3 is 15.0 Å². The Hall–Kier alpha value is -0.610. The molecule has 2 aliphatic rings. The summed E-state index contributed by atoms with van der Waals surface area (Å²) in [5.74, 6) is 0.250. The summed E-state index contributed by atoms with van der Waals surface area (Å²) in [6.07, 6.45) is 7.03. The van der Waals surface area contributed by atoms with Crippen molar-refractivity contribution in [2.45, 2.75) is 57.1 Å². The van der Waals surface area contributed by atoms with E-state index >= 15 is 0 Å². The molecule has 4 nitrogen and oxygen atoms in total. The van der Waals surface area contributed by atoms with Gasteiger partial charge in [-0.2, -0.15) is 0 Å². The Morgan fingerprint density at radius 1 is 1.28 bits per heavy atom. The molecule has 1 N–H and O–H groups in total. The molecule has 1 aliphatic carbocycles. The number of carbonyl (C=O) groups excluding carboxylic acids is 1. The topological polar surface area (TPSA) is 41.6 Å². The molecule has 0 bridgehead atoms. The zero-order valence-corrected chi connectivity index (χ0v) is 11.7. The molecule has 2 rings (SSSR count). The van der Waals surface area contributed by atoms with Crippen molar-refractivity contribution in [3.63, 3.8) is 0 Å². The number of amides is 1. The second kappa shape index (κ2) is 6.02. The highest BCUT2D eigenvalue weighted by atomic mass is 16.5. The van der Waals surface area contributed by atoms with Gasteiger partial charge in [0.25, 0.3) is 0 Å². The van der Waals surface area contributed by atoms with Crippen LogP contribution < -0.4 is 5.32 Å². The molecule has 1 heterocycles. The highest BCUT2D eigenvalue weighted by Crippen LogP contribution is 2.34. The van der Waals surface area contributed by atoms with E-state index < -0.39 is 0 Å². The minimum absolute atomic E-state index is 0.00353.